The fourth-order valence-corrected chi connectivity index (χ4v) is 2.82. The van der Waals surface area contributed by atoms with Crippen LogP contribution in [0.1, 0.15) is 6.92 Å². The predicted molar refractivity (Wildman–Crippen MR) is 74.3 cm³/mol. The van der Waals surface area contributed by atoms with E-state index in [0.717, 1.165) is 0 Å². The zero-order valence-corrected chi connectivity index (χ0v) is 12.2. The van der Waals surface area contributed by atoms with Crippen LogP contribution in [-0.4, -0.2) is 40.1 Å². The third-order valence-corrected chi connectivity index (χ3v) is 4.16. The van der Waals surface area contributed by atoms with Gasteiger partial charge in [0.15, 0.2) is 4.90 Å². The molecule has 0 saturated carbocycles. The minimum Gasteiger partial charge on any atom is -0.383 e. The van der Waals surface area contributed by atoms with Crippen molar-refractivity contribution in [3.8, 4) is 0 Å². The van der Waals surface area contributed by atoms with Crippen LogP contribution in [0.3, 0.4) is 0 Å². The third-order valence-electron chi connectivity index (χ3n) is 2.70. The molecule has 0 amide bonds. The van der Waals surface area contributed by atoms with Gasteiger partial charge in [-0.2, -0.15) is 0 Å². The first-order valence-corrected chi connectivity index (χ1v) is 7.29. The molecule has 112 valence electrons. The summed E-state index contributed by atoms with van der Waals surface area (Å²) in [5.41, 5.74) is -0.342. The van der Waals surface area contributed by atoms with E-state index in [1.807, 2.05) is 0 Å². The number of ether oxygens (including phenoxy) is 1. The smallest absolute Gasteiger partial charge is 0.312 e. The molecule has 8 nitrogen and oxygen atoms in total. The SMILES string of the molecule is CNc1cccc(S(=O)(=O)NCC(C)OC)c1[N+](=O)[O-]. The maximum atomic E-state index is 12.1. The van der Waals surface area contributed by atoms with Crippen molar-refractivity contribution in [2.45, 2.75) is 17.9 Å². The molecule has 0 spiro atoms. The van der Waals surface area contributed by atoms with Crippen molar-refractivity contribution in [2.75, 3.05) is 26.0 Å². The lowest BCUT2D eigenvalue weighted by Crippen LogP contribution is -2.32. The van der Waals surface area contributed by atoms with Gasteiger partial charge in [0.25, 0.3) is 0 Å². The molecule has 0 aliphatic rings. The minimum absolute atomic E-state index is 0.0275. The largest absolute Gasteiger partial charge is 0.383 e. The molecule has 2 N–H and O–H groups in total. The number of sulfonamides is 1. The number of anilines is 1. The van der Waals surface area contributed by atoms with Crippen molar-refractivity contribution >= 4 is 21.4 Å². The molecule has 0 aliphatic carbocycles. The number of nitrogens with zero attached hydrogens (tertiary/aromatic N) is 1. The molecule has 0 fully saturated rings. The Morgan fingerprint density at radius 1 is 1.45 bits per heavy atom. The lowest BCUT2D eigenvalue weighted by Gasteiger charge is -2.12. The van der Waals surface area contributed by atoms with Crippen molar-refractivity contribution in [1.82, 2.24) is 4.72 Å². The molecular weight excluding hydrogens is 286 g/mol. The Hall–Kier alpha value is -1.71. The highest BCUT2D eigenvalue weighted by atomic mass is 32.2. The van der Waals surface area contributed by atoms with Gasteiger partial charge in [-0.05, 0) is 19.1 Å². The molecule has 0 aliphatic heterocycles. The Morgan fingerprint density at radius 2 is 2.10 bits per heavy atom. The Balaban J connectivity index is 3.21. The summed E-state index contributed by atoms with van der Waals surface area (Å²) < 4.78 is 31.5. The number of nitro benzene ring substituents is 1. The number of nitrogens with one attached hydrogen (secondary N) is 2. The van der Waals surface area contributed by atoms with Crippen LogP contribution in [0.15, 0.2) is 23.1 Å². The van der Waals surface area contributed by atoms with Crippen LogP contribution < -0.4 is 10.0 Å². The molecule has 1 aromatic carbocycles. The monoisotopic (exact) mass is 303 g/mol. The molecule has 0 bridgehead atoms. The highest BCUT2D eigenvalue weighted by Crippen LogP contribution is 2.31. The quantitative estimate of drug-likeness (QED) is 0.573. The molecule has 0 aromatic heterocycles. The first-order valence-electron chi connectivity index (χ1n) is 5.81. The van der Waals surface area contributed by atoms with Gasteiger partial charge in [0.05, 0.1) is 11.0 Å². The lowest BCUT2D eigenvalue weighted by atomic mass is 10.3. The Kier molecular flexibility index (Phi) is 5.43. The molecule has 1 unspecified atom stereocenters. The normalized spacial score (nSPS) is 12.9. The molecule has 0 radical (unpaired) electrons. The van der Waals surface area contributed by atoms with Crippen molar-refractivity contribution in [2.24, 2.45) is 0 Å². The standard InChI is InChI=1S/C11H17N3O5S/c1-8(19-3)7-13-20(17,18)10-6-4-5-9(12-2)11(10)14(15)16/h4-6,8,12-13H,7H2,1-3H3. The number of methoxy groups -OCH3 is 1. The molecule has 0 heterocycles. The minimum atomic E-state index is -3.99. The molecule has 20 heavy (non-hydrogen) atoms. The van der Waals surface area contributed by atoms with Gasteiger partial charge in [0, 0.05) is 20.7 Å². The van der Waals surface area contributed by atoms with Crippen molar-refractivity contribution in [1.29, 1.82) is 0 Å². The number of benzene rings is 1. The van der Waals surface area contributed by atoms with Crippen LogP contribution in [0, 0.1) is 10.1 Å². The highest BCUT2D eigenvalue weighted by Gasteiger charge is 2.28. The van der Waals surface area contributed by atoms with E-state index >= 15 is 0 Å². The number of hydrogen-bond acceptors (Lipinski definition) is 6. The van der Waals surface area contributed by atoms with Crippen molar-refractivity contribution in [3.05, 3.63) is 28.3 Å². The zero-order valence-electron chi connectivity index (χ0n) is 11.4. The predicted octanol–water partition coefficient (Wildman–Crippen LogP) is 0.950. The Labute approximate surface area is 117 Å². The molecular formula is C11H17N3O5S. The molecule has 1 aromatic rings. The summed E-state index contributed by atoms with van der Waals surface area (Å²) in [4.78, 5) is 9.99. The van der Waals surface area contributed by atoms with Crippen LogP contribution in [0.4, 0.5) is 11.4 Å². The summed E-state index contributed by atoms with van der Waals surface area (Å²) in [5, 5.41) is 13.7. The van der Waals surface area contributed by atoms with Crippen LogP contribution in [-0.2, 0) is 14.8 Å². The van der Waals surface area contributed by atoms with Gasteiger partial charge in [0.1, 0.15) is 5.69 Å². The van der Waals surface area contributed by atoms with E-state index in [0.29, 0.717) is 0 Å². The summed E-state index contributed by atoms with van der Waals surface area (Å²) in [6.07, 6.45) is -0.337. The molecule has 1 rings (SSSR count). The van der Waals surface area contributed by atoms with Crippen LogP contribution >= 0.6 is 0 Å². The number of hydrogen-bond donors (Lipinski definition) is 2. The van der Waals surface area contributed by atoms with Gasteiger partial charge in [0.2, 0.25) is 10.0 Å². The second-order valence-corrected chi connectivity index (χ2v) is 5.79. The molecule has 9 heteroatoms. The average Bonchev–Trinajstić information content (AvgIpc) is 2.43. The van der Waals surface area contributed by atoms with Gasteiger partial charge in [-0.3, -0.25) is 10.1 Å². The maximum Gasteiger partial charge on any atom is 0.312 e. The first kappa shape index (κ1) is 16.3. The summed E-state index contributed by atoms with van der Waals surface area (Å²) in [7, 11) is -1.05. The van der Waals surface area contributed by atoms with E-state index in [-0.39, 0.29) is 23.2 Å². The second-order valence-electron chi connectivity index (χ2n) is 4.06. The van der Waals surface area contributed by atoms with Crippen molar-refractivity contribution in [3.63, 3.8) is 0 Å². The van der Waals surface area contributed by atoms with Crippen LogP contribution in [0.2, 0.25) is 0 Å². The summed E-state index contributed by atoms with van der Waals surface area (Å²) >= 11 is 0. The summed E-state index contributed by atoms with van der Waals surface area (Å²) in [6, 6.07) is 4.07. The van der Waals surface area contributed by atoms with Crippen molar-refractivity contribution < 1.29 is 18.1 Å². The first-order chi connectivity index (χ1) is 9.33. The fraction of sp³-hybridized carbons (Fsp3) is 0.455. The number of para-hydroxylation sites is 1. The van der Waals surface area contributed by atoms with Crippen LogP contribution in [0.5, 0.6) is 0 Å². The zero-order chi connectivity index (χ0) is 15.3. The van der Waals surface area contributed by atoms with E-state index in [1.165, 1.54) is 32.4 Å². The molecule has 1 atom stereocenters. The maximum absolute atomic E-state index is 12.1. The molecule has 0 saturated heterocycles. The Morgan fingerprint density at radius 3 is 2.60 bits per heavy atom. The second kappa shape index (κ2) is 6.64. The topological polar surface area (TPSA) is 111 Å². The van der Waals surface area contributed by atoms with E-state index in [4.69, 9.17) is 4.74 Å². The lowest BCUT2D eigenvalue weighted by molar-refractivity contribution is -0.386. The number of rotatable bonds is 7. The highest BCUT2D eigenvalue weighted by molar-refractivity contribution is 7.89. The van der Waals surface area contributed by atoms with E-state index < -0.39 is 20.6 Å². The van der Waals surface area contributed by atoms with Crippen LogP contribution in [0.25, 0.3) is 0 Å². The van der Waals surface area contributed by atoms with E-state index in [1.54, 1.807) is 6.92 Å². The van der Waals surface area contributed by atoms with Gasteiger partial charge < -0.3 is 10.1 Å². The van der Waals surface area contributed by atoms with Gasteiger partial charge in [-0.1, -0.05) is 6.07 Å². The summed E-state index contributed by atoms with van der Waals surface area (Å²) in [5.74, 6) is 0. The Bertz CT molecular complexity index is 588. The van der Waals surface area contributed by atoms with Gasteiger partial charge in [-0.15, -0.1) is 0 Å². The summed E-state index contributed by atoms with van der Waals surface area (Å²) in [6.45, 7) is 1.71. The van der Waals surface area contributed by atoms with E-state index in [9.17, 15) is 18.5 Å². The third kappa shape index (κ3) is 3.65. The van der Waals surface area contributed by atoms with Gasteiger partial charge >= 0.3 is 5.69 Å². The van der Waals surface area contributed by atoms with E-state index in [2.05, 4.69) is 10.0 Å². The average molecular weight is 303 g/mol. The number of nitro groups is 1. The van der Waals surface area contributed by atoms with Gasteiger partial charge in [-0.25, -0.2) is 13.1 Å². The fourth-order valence-electron chi connectivity index (χ4n) is 1.52.